The summed E-state index contributed by atoms with van der Waals surface area (Å²) in [7, 11) is 1.93. The Kier molecular flexibility index (Phi) is 1.20. The molecular formula is C5H9N3. The maximum atomic E-state index is 5.43. The lowest BCUT2D eigenvalue weighted by atomic mass is 10.4. The largest absolute Gasteiger partial charge is 0.399 e. The minimum absolute atomic E-state index is 0.795. The Morgan fingerprint density at radius 1 is 1.88 bits per heavy atom. The van der Waals surface area contributed by atoms with Gasteiger partial charge in [-0.15, -0.1) is 0 Å². The highest BCUT2D eigenvalue weighted by molar-refractivity contribution is 5.57. The van der Waals surface area contributed by atoms with Crippen LogP contribution >= 0.6 is 0 Å². The number of rotatable bonds is 0. The van der Waals surface area contributed by atoms with Gasteiger partial charge in [0.1, 0.15) is 0 Å². The highest BCUT2D eigenvalue weighted by atomic mass is 15.1. The summed E-state index contributed by atoms with van der Waals surface area (Å²) >= 11 is 0. The summed E-state index contributed by atoms with van der Waals surface area (Å²) in [6.07, 6.45) is 3.41. The van der Waals surface area contributed by atoms with E-state index in [0.29, 0.717) is 0 Å². The number of hydrogen-bond acceptors (Lipinski definition) is 3. The summed E-state index contributed by atoms with van der Waals surface area (Å²) in [5, 5.41) is 0. The van der Waals surface area contributed by atoms with Crippen LogP contribution in [0.1, 0.15) is 0 Å². The first-order chi connectivity index (χ1) is 3.79. The van der Waals surface area contributed by atoms with Crippen molar-refractivity contribution in [3.63, 3.8) is 0 Å². The fourth-order valence-corrected chi connectivity index (χ4v) is 0.613. The Morgan fingerprint density at radius 3 is 3.00 bits per heavy atom. The van der Waals surface area contributed by atoms with Gasteiger partial charge in [0.15, 0.2) is 0 Å². The number of nitrogens with two attached hydrogens (primary N) is 1. The second-order valence-corrected chi connectivity index (χ2v) is 1.88. The summed E-state index contributed by atoms with van der Waals surface area (Å²) in [4.78, 5) is 5.78. The molecule has 0 saturated heterocycles. The van der Waals surface area contributed by atoms with E-state index in [9.17, 15) is 0 Å². The maximum Gasteiger partial charge on any atom is 0.0906 e. The summed E-state index contributed by atoms with van der Waals surface area (Å²) in [5.74, 6) is 0. The van der Waals surface area contributed by atoms with E-state index in [1.807, 2.05) is 11.9 Å². The highest BCUT2D eigenvalue weighted by Gasteiger charge is 1.96. The molecule has 0 aromatic heterocycles. The lowest BCUT2D eigenvalue weighted by Crippen LogP contribution is -2.24. The summed E-state index contributed by atoms with van der Waals surface area (Å²) in [6.45, 7) is 0.795. The van der Waals surface area contributed by atoms with E-state index in [0.717, 1.165) is 12.2 Å². The molecule has 0 unspecified atom stereocenters. The molecule has 1 aliphatic rings. The van der Waals surface area contributed by atoms with E-state index in [2.05, 4.69) is 4.99 Å². The van der Waals surface area contributed by atoms with Crippen molar-refractivity contribution >= 4 is 6.34 Å². The molecule has 0 radical (unpaired) electrons. The Morgan fingerprint density at radius 2 is 2.62 bits per heavy atom. The smallest absolute Gasteiger partial charge is 0.0906 e. The van der Waals surface area contributed by atoms with E-state index in [1.165, 1.54) is 0 Å². The maximum absolute atomic E-state index is 5.43. The summed E-state index contributed by atoms with van der Waals surface area (Å²) in [6, 6.07) is 0. The van der Waals surface area contributed by atoms with Gasteiger partial charge in [-0.25, -0.2) is 4.99 Å². The van der Waals surface area contributed by atoms with Crippen molar-refractivity contribution in [1.82, 2.24) is 4.90 Å². The van der Waals surface area contributed by atoms with Gasteiger partial charge in [0.2, 0.25) is 0 Å². The standard InChI is InChI=1S/C5H9N3/c1-8-3-5(6)2-7-4-8/h2,4H,3,6H2,1H3. The average molecular weight is 111 g/mol. The third-order valence-electron chi connectivity index (χ3n) is 0.936. The van der Waals surface area contributed by atoms with Gasteiger partial charge in [0, 0.05) is 18.9 Å². The van der Waals surface area contributed by atoms with E-state index in [-0.39, 0.29) is 0 Å². The molecule has 0 bridgehead atoms. The van der Waals surface area contributed by atoms with Gasteiger partial charge < -0.3 is 10.6 Å². The second kappa shape index (κ2) is 1.86. The molecule has 8 heavy (non-hydrogen) atoms. The van der Waals surface area contributed by atoms with Gasteiger partial charge in [0.25, 0.3) is 0 Å². The quantitative estimate of drug-likeness (QED) is 0.468. The Hall–Kier alpha value is -0.990. The van der Waals surface area contributed by atoms with Gasteiger partial charge in [-0.3, -0.25) is 0 Å². The van der Waals surface area contributed by atoms with Crippen molar-refractivity contribution in [2.75, 3.05) is 13.6 Å². The van der Waals surface area contributed by atoms with Crippen molar-refractivity contribution in [3.05, 3.63) is 11.9 Å². The third kappa shape index (κ3) is 0.992. The van der Waals surface area contributed by atoms with Crippen LogP contribution in [0.2, 0.25) is 0 Å². The van der Waals surface area contributed by atoms with Gasteiger partial charge in [-0.05, 0) is 0 Å². The first kappa shape index (κ1) is 5.15. The van der Waals surface area contributed by atoms with Crippen LogP contribution in [0, 0.1) is 0 Å². The monoisotopic (exact) mass is 111 g/mol. The van der Waals surface area contributed by atoms with Crippen LogP contribution in [0.5, 0.6) is 0 Å². The van der Waals surface area contributed by atoms with Gasteiger partial charge in [0.05, 0.1) is 12.9 Å². The topological polar surface area (TPSA) is 41.6 Å². The molecule has 3 heteroatoms. The lowest BCUT2D eigenvalue weighted by Gasteiger charge is -2.14. The van der Waals surface area contributed by atoms with E-state index in [1.54, 1.807) is 12.5 Å². The minimum Gasteiger partial charge on any atom is -0.399 e. The Balaban J connectivity index is 2.59. The van der Waals surface area contributed by atoms with Crippen molar-refractivity contribution < 1.29 is 0 Å². The first-order valence-corrected chi connectivity index (χ1v) is 2.47. The predicted molar refractivity (Wildman–Crippen MR) is 33.4 cm³/mol. The minimum atomic E-state index is 0.795. The molecular weight excluding hydrogens is 102 g/mol. The second-order valence-electron chi connectivity index (χ2n) is 1.88. The van der Waals surface area contributed by atoms with Crippen LogP contribution in [-0.4, -0.2) is 24.8 Å². The lowest BCUT2D eigenvalue weighted by molar-refractivity contribution is 0.553. The SMILES string of the molecule is CN1C=NC=C(N)C1. The van der Waals surface area contributed by atoms with E-state index in [4.69, 9.17) is 5.73 Å². The predicted octanol–water partition coefficient (Wildman–Crippen LogP) is -0.240. The molecule has 1 rings (SSSR count). The van der Waals surface area contributed by atoms with Crippen molar-refractivity contribution in [2.45, 2.75) is 0 Å². The fraction of sp³-hybridized carbons (Fsp3) is 0.400. The molecule has 0 aromatic rings. The molecule has 0 amide bonds. The summed E-state index contributed by atoms with van der Waals surface area (Å²) < 4.78 is 0. The van der Waals surface area contributed by atoms with Crippen molar-refractivity contribution in [2.24, 2.45) is 10.7 Å². The number of hydrogen-bond donors (Lipinski definition) is 1. The van der Waals surface area contributed by atoms with Crippen LogP contribution in [0.3, 0.4) is 0 Å². The van der Waals surface area contributed by atoms with Gasteiger partial charge >= 0.3 is 0 Å². The molecule has 0 aliphatic carbocycles. The number of likely N-dealkylation sites (N-methyl/N-ethyl adjacent to an activating group) is 1. The van der Waals surface area contributed by atoms with Crippen LogP contribution < -0.4 is 5.73 Å². The molecule has 0 aromatic carbocycles. The zero-order valence-corrected chi connectivity index (χ0v) is 4.83. The Bertz CT molecular complexity index is 137. The van der Waals surface area contributed by atoms with Gasteiger partial charge in [-0.1, -0.05) is 0 Å². The normalized spacial score (nSPS) is 18.6. The summed E-state index contributed by atoms with van der Waals surface area (Å²) in [5.41, 5.74) is 6.25. The molecule has 0 fully saturated rings. The van der Waals surface area contributed by atoms with E-state index < -0.39 is 0 Å². The Labute approximate surface area is 48.5 Å². The zero-order chi connectivity index (χ0) is 5.98. The van der Waals surface area contributed by atoms with Crippen LogP contribution in [0.15, 0.2) is 16.9 Å². The molecule has 0 spiro atoms. The highest BCUT2D eigenvalue weighted by Crippen LogP contribution is 1.93. The molecule has 0 saturated carbocycles. The van der Waals surface area contributed by atoms with Crippen LogP contribution in [0.25, 0.3) is 0 Å². The fourth-order valence-electron chi connectivity index (χ4n) is 0.613. The number of aliphatic imine (C=N–C) groups is 1. The molecule has 1 heterocycles. The third-order valence-corrected chi connectivity index (χ3v) is 0.936. The molecule has 1 aliphatic heterocycles. The van der Waals surface area contributed by atoms with Crippen molar-refractivity contribution in [1.29, 1.82) is 0 Å². The first-order valence-electron chi connectivity index (χ1n) is 2.47. The van der Waals surface area contributed by atoms with Crippen LogP contribution in [0.4, 0.5) is 0 Å². The molecule has 44 valence electrons. The van der Waals surface area contributed by atoms with Crippen LogP contribution in [-0.2, 0) is 0 Å². The molecule has 2 N–H and O–H groups in total. The van der Waals surface area contributed by atoms with Crippen molar-refractivity contribution in [3.8, 4) is 0 Å². The van der Waals surface area contributed by atoms with Gasteiger partial charge in [-0.2, -0.15) is 0 Å². The zero-order valence-electron chi connectivity index (χ0n) is 4.83. The molecule has 0 atom stereocenters. The molecule has 3 nitrogen and oxygen atoms in total. The number of nitrogens with zero attached hydrogens (tertiary/aromatic N) is 2. The van der Waals surface area contributed by atoms with E-state index >= 15 is 0 Å². The average Bonchev–Trinajstić information content (AvgIpc) is 1.64.